The quantitative estimate of drug-likeness (QED) is 0.699. The molecule has 1 aliphatic rings. The van der Waals surface area contributed by atoms with Gasteiger partial charge in [0.15, 0.2) is 5.78 Å². The van der Waals surface area contributed by atoms with Crippen molar-refractivity contribution in [3.8, 4) is 0 Å². The van der Waals surface area contributed by atoms with Gasteiger partial charge in [0.25, 0.3) is 0 Å². The maximum Gasteiger partial charge on any atom is 0.471 e. The van der Waals surface area contributed by atoms with Gasteiger partial charge in [-0.15, -0.1) is 0 Å². The Kier molecular flexibility index (Phi) is 2.45. The maximum atomic E-state index is 12.3. The van der Waals surface area contributed by atoms with Crippen LogP contribution in [-0.2, 0) is 4.79 Å². The first-order chi connectivity index (χ1) is 7.80. The number of ketones is 1. The number of nitrogens with zero attached hydrogens (tertiary/aromatic N) is 1. The number of hydrogen-bond acceptors (Lipinski definition) is 2. The van der Waals surface area contributed by atoms with Crippen LogP contribution in [0.25, 0.3) is 0 Å². The summed E-state index contributed by atoms with van der Waals surface area (Å²) in [5, 5.41) is 0. The summed E-state index contributed by atoms with van der Waals surface area (Å²) < 4.78 is 37.0. The van der Waals surface area contributed by atoms with Crippen molar-refractivity contribution < 1.29 is 22.8 Å². The third-order valence-corrected chi connectivity index (χ3v) is 2.53. The van der Waals surface area contributed by atoms with Crippen LogP contribution in [0.2, 0.25) is 0 Å². The van der Waals surface area contributed by atoms with E-state index >= 15 is 0 Å². The number of aryl methyl sites for hydroxylation is 1. The van der Waals surface area contributed by atoms with Crippen LogP contribution in [0.5, 0.6) is 0 Å². The Morgan fingerprint density at radius 2 is 2.00 bits per heavy atom. The summed E-state index contributed by atoms with van der Waals surface area (Å²) in [6.45, 7) is 1.14. The van der Waals surface area contributed by atoms with Gasteiger partial charge in [-0.1, -0.05) is 6.07 Å². The van der Waals surface area contributed by atoms with Gasteiger partial charge in [0.05, 0.1) is 12.2 Å². The highest BCUT2D eigenvalue weighted by atomic mass is 19.4. The molecule has 0 spiro atoms. The standard InChI is InChI=1S/C11H8F3NO2/c1-6-2-3-7-8(4-6)15(5-9(7)16)10(17)11(12,13)14/h2-4H,5H2,1H3. The number of halogens is 3. The van der Waals surface area contributed by atoms with Gasteiger partial charge >= 0.3 is 12.1 Å². The predicted molar refractivity (Wildman–Crippen MR) is 53.9 cm³/mol. The van der Waals surface area contributed by atoms with Crippen LogP contribution in [0.4, 0.5) is 18.9 Å². The van der Waals surface area contributed by atoms with E-state index in [2.05, 4.69) is 0 Å². The third kappa shape index (κ3) is 1.90. The highest BCUT2D eigenvalue weighted by Crippen LogP contribution is 2.32. The van der Waals surface area contributed by atoms with Crippen molar-refractivity contribution in [2.24, 2.45) is 0 Å². The first-order valence-electron chi connectivity index (χ1n) is 4.83. The van der Waals surface area contributed by atoms with E-state index in [9.17, 15) is 22.8 Å². The second kappa shape index (κ2) is 3.58. The smallest absolute Gasteiger partial charge is 0.296 e. The monoisotopic (exact) mass is 243 g/mol. The molecule has 0 fully saturated rings. The van der Waals surface area contributed by atoms with Crippen molar-refractivity contribution in [3.05, 3.63) is 29.3 Å². The van der Waals surface area contributed by atoms with Crippen LogP contribution in [0.1, 0.15) is 15.9 Å². The zero-order chi connectivity index (χ0) is 12.8. The molecule has 0 unspecified atom stereocenters. The molecule has 17 heavy (non-hydrogen) atoms. The minimum atomic E-state index is -4.97. The van der Waals surface area contributed by atoms with Crippen LogP contribution in [0, 0.1) is 6.92 Å². The number of Topliss-reactive ketones (excluding diaryl/α,β-unsaturated/α-hetero) is 1. The van der Waals surface area contributed by atoms with Crippen molar-refractivity contribution >= 4 is 17.4 Å². The largest absolute Gasteiger partial charge is 0.471 e. The number of amides is 1. The van der Waals surface area contributed by atoms with Crippen molar-refractivity contribution in [3.63, 3.8) is 0 Å². The molecule has 0 radical (unpaired) electrons. The number of fused-ring (bicyclic) bond motifs is 1. The summed E-state index contributed by atoms with van der Waals surface area (Å²) in [7, 11) is 0. The molecule has 1 heterocycles. The summed E-state index contributed by atoms with van der Waals surface area (Å²) in [6, 6.07) is 4.47. The predicted octanol–water partition coefficient (Wildman–Crippen LogP) is 2.09. The molecule has 0 bridgehead atoms. The summed E-state index contributed by atoms with van der Waals surface area (Å²) in [5.74, 6) is -2.48. The van der Waals surface area contributed by atoms with Crippen LogP contribution >= 0.6 is 0 Å². The molecule has 0 N–H and O–H groups in total. The lowest BCUT2D eigenvalue weighted by Gasteiger charge is -2.18. The summed E-state index contributed by atoms with van der Waals surface area (Å²) in [4.78, 5) is 23.1. The zero-order valence-corrected chi connectivity index (χ0v) is 8.84. The molecular formula is C11H8F3NO2. The molecule has 1 aliphatic heterocycles. The first-order valence-corrected chi connectivity index (χ1v) is 4.83. The van der Waals surface area contributed by atoms with Gasteiger partial charge in [0.2, 0.25) is 0 Å². The van der Waals surface area contributed by atoms with Crippen LogP contribution < -0.4 is 4.90 Å². The Labute approximate surface area is 94.8 Å². The highest BCUT2D eigenvalue weighted by Gasteiger charge is 2.46. The molecule has 2 rings (SSSR count). The molecule has 3 nitrogen and oxygen atoms in total. The summed E-state index contributed by atoms with van der Waals surface area (Å²) in [6.07, 6.45) is -4.97. The third-order valence-electron chi connectivity index (χ3n) is 2.53. The van der Waals surface area contributed by atoms with E-state index in [4.69, 9.17) is 0 Å². The molecule has 6 heteroatoms. The van der Waals surface area contributed by atoms with Gasteiger partial charge in [-0.05, 0) is 24.6 Å². The van der Waals surface area contributed by atoms with E-state index in [1.54, 1.807) is 13.0 Å². The van der Waals surface area contributed by atoms with Gasteiger partial charge in [-0.3, -0.25) is 14.5 Å². The number of carbonyl (C=O) groups excluding carboxylic acids is 2. The van der Waals surface area contributed by atoms with Gasteiger partial charge < -0.3 is 0 Å². The fourth-order valence-corrected chi connectivity index (χ4v) is 1.75. The van der Waals surface area contributed by atoms with Crippen molar-refractivity contribution in [2.75, 3.05) is 11.4 Å². The average Bonchev–Trinajstić information content (AvgIpc) is 2.53. The molecule has 1 aromatic rings. The topological polar surface area (TPSA) is 37.4 Å². The van der Waals surface area contributed by atoms with E-state index < -0.39 is 24.4 Å². The van der Waals surface area contributed by atoms with E-state index in [-0.39, 0.29) is 11.3 Å². The van der Waals surface area contributed by atoms with Gasteiger partial charge in [-0.25, -0.2) is 0 Å². The van der Waals surface area contributed by atoms with Crippen molar-refractivity contribution in [1.29, 1.82) is 0 Å². The fourth-order valence-electron chi connectivity index (χ4n) is 1.75. The van der Waals surface area contributed by atoms with Gasteiger partial charge in [-0.2, -0.15) is 13.2 Å². The van der Waals surface area contributed by atoms with Crippen LogP contribution in [-0.4, -0.2) is 24.4 Å². The summed E-state index contributed by atoms with van der Waals surface area (Å²) in [5.41, 5.74) is 0.893. The molecular weight excluding hydrogens is 235 g/mol. The zero-order valence-electron chi connectivity index (χ0n) is 8.84. The Balaban J connectivity index is 2.47. The minimum Gasteiger partial charge on any atom is -0.296 e. The second-order valence-corrected chi connectivity index (χ2v) is 3.83. The highest BCUT2D eigenvalue weighted by molar-refractivity contribution is 6.16. The maximum absolute atomic E-state index is 12.3. The Bertz CT molecular complexity index is 508. The van der Waals surface area contributed by atoms with Crippen molar-refractivity contribution in [2.45, 2.75) is 13.1 Å². The number of benzene rings is 1. The number of carbonyl (C=O) groups is 2. The molecule has 1 amide bonds. The fraction of sp³-hybridized carbons (Fsp3) is 0.273. The normalized spacial score (nSPS) is 15.1. The van der Waals surface area contributed by atoms with E-state index in [1.165, 1.54) is 12.1 Å². The molecule has 90 valence electrons. The molecule has 0 saturated heterocycles. The van der Waals surface area contributed by atoms with Crippen LogP contribution in [0.3, 0.4) is 0 Å². The molecule has 0 saturated carbocycles. The lowest BCUT2D eigenvalue weighted by Crippen LogP contribution is -2.40. The Morgan fingerprint density at radius 3 is 2.59 bits per heavy atom. The van der Waals surface area contributed by atoms with E-state index in [0.717, 1.165) is 0 Å². The lowest BCUT2D eigenvalue weighted by atomic mass is 10.1. The van der Waals surface area contributed by atoms with Gasteiger partial charge in [0, 0.05) is 5.56 Å². The Hall–Kier alpha value is -1.85. The minimum absolute atomic E-state index is 0.0392. The summed E-state index contributed by atoms with van der Waals surface area (Å²) >= 11 is 0. The first kappa shape index (κ1) is 11.6. The van der Waals surface area contributed by atoms with E-state index in [1.807, 2.05) is 0 Å². The average molecular weight is 243 g/mol. The molecule has 1 aromatic carbocycles. The second-order valence-electron chi connectivity index (χ2n) is 3.83. The number of anilines is 1. The molecule has 0 aliphatic carbocycles. The van der Waals surface area contributed by atoms with Gasteiger partial charge in [0.1, 0.15) is 0 Å². The van der Waals surface area contributed by atoms with E-state index in [0.29, 0.717) is 10.5 Å². The van der Waals surface area contributed by atoms with Crippen LogP contribution in [0.15, 0.2) is 18.2 Å². The number of alkyl halides is 3. The lowest BCUT2D eigenvalue weighted by molar-refractivity contribution is -0.170. The van der Waals surface area contributed by atoms with Crippen molar-refractivity contribution in [1.82, 2.24) is 0 Å². The number of rotatable bonds is 0. The number of hydrogen-bond donors (Lipinski definition) is 0. The molecule has 0 aromatic heterocycles. The molecule has 0 atom stereocenters. The SMILES string of the molecule is Cc1ccc2c(c1)N(C(=O)C(F)(F)F)CC2=O. The Morgan fingerprint density at radius 1 is 1.35 bits per heavy atom.